The van der Waals surface area contributed by atoms with Gasteiger partial charge < -0.3 is 0 Å². The van der Waals surface area contributed by atoms with Gasteiger partial charge in [-0.1, -0.05) is 115 Å². The summed E-state index contributed by atoms with van der Waals surface area (Å²) in [5.41, 5.74) is 11.0. The highest BCUT2D eigenvalue weighted by molar-refractivity contribution is 6.04. The van der Waals surface area contributed by atoms with Crippen LogP contribution in [0.4, 0.5) is 0 Å². The Labute approximate surface area is 304 Å². The molecule has 0 saturated heterocycles. The molecule has 0 aliphatic heterocycles. The fourth-order valence-electron chi connectivity index (χ4n) is 6.87. The average molecular weight is 680 g/mol. The zero-order valence-electron chi connectivity index (χ0n) is 28.6. The van der Waals surface area contributed by atoms with Crippen molar-refractivity contribution >= 4 is 43.6 Å². The molecule has 0 radical (unpaired) electrons. The van der Waals surface area contributed by atoms with E-state index in [2.05, 4.69) is 126 Å². The fraction of sp³-hybridized carbons (Fsp3) is 0.0217. The predicted octanol–water partition coefficient (Wildman–Crippen LogP) is 10.7. The summed E-state index contributed by atoms with van der Waals surface area (Å²) >= 11 is 0. The van der Waals surface area contributed by atoms with Gasteiger partial charge in [0.05, 0.1) is 33.5 Å². The lowest BCUT2D eigenvalue weighted by Gasteiger charge is -2.11. The highest BCUT2D eigenvalue weighted by Crippen LogP contribution is 2.32. The quantitative estimate of drug-likeness (QED) is 0.167. The van der Waals surface area contributed by atoms with Crippen LogP contribution in [0.1, 0.15) is 5.56 Å². The molecule has 0 aliphatic carbocycles. The second kappa shape index (κ2) is 12.5. The number of nitrogens with zero attached hydrogens (tertiary/aromatic N) is 7. The molecule has 0 spiro atoms. The summed E-state index contributed by atoms with van der Waals surface area (Å²) in [5, 5.41) is 4.22. The second-order valence-corrected chi connectivity index (χ2v) is 13.2. The molecule has 0 unspecified atom stereocenters. The Kier molecular flexibility index (Phi) is 7.21. The minimum absolute atomic E-state index is 0.576. The van der Waals surface area contributed by atoms with Crippen LogP contribution in [-0.2, 0) is 0 Å². The Bertz CT molecular complexity index is 2850. The van der Waals surface area contributed by atoms with Crippen molar-refractivity contribution in [1.29, 1.82) is 0 Å². The molecule has 5 heterocycles. The molecule has 0 fully saturated rings. The summed E-state index contributed by atoms with van der Waals surface area (Å²) in [4.78, 5) is 34.6. The van der Waals surface area contributed by atoms with Crippen LogP contribution in [0.3, 0.4) is 0 Å². The Hall–Kier alpha value is -7.25. The lowest BCUT2D eigenvalue weighted by Crippen LogP contribution is -2.00. The average Bonchev–Trinajstić information content (AvgIpc) is 3.23. The molecule has 10 aromatic rings. The Morgan fingerprint density at radius 1 is 0.321 bits per heavy atom. The minimum atomic E-state index is 0.576. The summed E-state index contributed by atoms with van der Waals surface area (Å²) < 4.78 is 0. The molecule has 0 bridgehead atoms. The van der Waals surface area contributed by atoms with Crippen molar-refractivity contribution in [3.05, 3.63) is 164 Å². The van der Waals surface area contributed by atoms with Crippen LogP contribution in [-0.4, -0.2) is 34.9 Å². The van der Waals surface area contributed by atoms with Crippen molar-refractivity contribution in [2.24, 2.45) is 0 Å². The molecule has 5 aromatic heterocycles. The molecule has 0 N–H and O–H groups in total. The van der Waals surface area contributed by atoms with Crippen LogP contribution >= 0.6 is 0 Å². The number of fused-ring (bicyclic) bond motifs is 6. The summed E-state index contributed by atoms with van der Waals surface area (Å²) in [7, 11) is 0. The van der Waals surface area contributed by atoms with Crippen molar-refractivity contribution in [1.82, 2.24) is 34.9 Å². The van der Waals surface area contributed by atoms with Crippen molar-refractivity contribution in [2.45, 2.75) is 6.92 Å². The van der Waals surface area contributed by atoms with Crippen LogP contribution in [0.2, 0.25) is 0 Å². The van der Waals surface area contributed by atoms with Crippen LogP contribution < -0.4 is 0 Å². The number of aromatic nitrogens is 7. The van der Waals surface area contributed by atoms with Gasteiger partial charge >= 0.3 is 0 Å². The fourth-order valence-corrected chi connectivity index (χ4v) is 6.87. The third kappa shape index (κ3) is 5.61. The standard InChI is InChI=1S/C46H29N7/c1-28-12-14-33(15-13-28)44-51-45(36-8-2-6-34(26-36)38-22-20-31-18-16-29-10-4-24-47-40(29)42(31)49-38)53-46(52-44)37-9-3-7-35(27-37)39-23-21-32-19-17-30-11-5-25-48-41(30)43(32)50-39/h2-27H,1H3. The Morgan fingerprint density at radius 2 is 0.736 bits per heavy atom. The summed E-state index contributed by atoms with van der Waals surface area (Å²) in [6.45, 7) is 2.07. The van der Waals surface area contributed by atoms with E-state index in [-0.39, 0.29) is 0 Å². The summed E-state index contributed by atoms with van der Waals surface area (Å²) in [6.07, 6.45) is 3.63. The van der Waals surface area contributed by atoms with Gasteiger partial charge in [0.25, 0.3) is 0 Å². The number of hydrogen-bond donors (Lipinski definition) is 0. The maximum atomic E-state index is 5.10. The van der Waals surface area contributed by atoms with Gasteiger partial charge in [-0.2, -0.15) is 0 Å². The highest BCUT2D eigenvalue weighted by Gasteiger charge is 2.15. The molecule has 53 heavy (non-hydrogen) atoms. The number of hydrogen-bond acceptors (Lipinski definition) is 7. The lowest BCUT2D eigenvalue weighted by atomic mass is 10.0. The maximum absolute atomic E-state index is 5.10. The van der Waals surface area contributed by atoms with Gasteiger partial charge in [-0.25, -0.2) is 24.9 Å². The third-order valence-electron chi connectivity index (χ3n) is 9.64. The van der Waals surface area contributed by atoms with E-state index in [9.17, 15) is 0 Å². The Morgan fingerprint density at radius 3 is 1.23 bits per heavy atom. The first kappa shape index (κ1) is 30.6. The van der Waals surface area contributed by atoms with Gasteiger partial charge in [0, 0.05) is 61.8 Å². The minimum Gasteiger partial charge on any atom is -0.254 e. The molecule has 7 nitrogen and oxygen atoms in total. The van der Waals surface area contributed by atoms with E-state index >= 15 is 0 Å². The molecule has 0 saturated carbocycles. The van der Waals surface area contributed by atoms with Crippen LogP contribution in [0.5, 0.6) is 0 Å². The molecule has 248 valence electrons. The molecule has 0 amide bonds. The topological polar surface area (TPSA) is 90.2 Å². The molecule has 0 aliphatic rings. The van der Waals surface area contributed by atoms with Crippen LogP contribution in [0.25, 0.3) is 100 Å². The smallest absolute Gasteiger partial charge is 0.164 e. The second-order valence-electron chi connectivity index (χ2n) is 13.2. The van der Waals surface area contributed by atoms with E-state index in [1.54, 1.807) is 0 Å². The zero-order valence-corrected chi connectivity index (χ0v) is 28.6. The number of aryl methyl sites for hydroxylation is 1. The van der Waals surface area contributed by atoms with Gasteiger partial charge in [-0.3, -0.25) is 9.97 Å². The van der Waals surface area contributed by atoms with Crippen LogP contribution in [0.15, 0.2) is 158 Å². The van der Waals surface area contributed by atoms with Gasteiger partial charge in [0.1, 0.15) is 0 Å². The monoisotopic (exact) mass is 679 g/mol. The number of benzene rings is 5. The van der Waals surface area contributed by atoms with Gasteiger partial charge in [-0.15, -0.1) is 0 Å². The first-order chi connectivity index (χ1) is 26.1. The molecular formula is C46H29N7. The lowest BCUT2D eigenvalue weighted by molar-refractivity contribution is 1.07. The molecule has 0 atom stereocenters. The summed E-state index contributed by atoms with van der Waals surface area (Å²) in [6, 6.07) is 49.4. The highest BCUT2D eigenvalue weighted by atomic mass is 15.0. The first-order valence-corrected chi connectivity index (χ1v) is 17.5. The van der Waals surface area contributed by atoms with Crippen LogP contribution in [0, 0.1) is 6.92 Å². The number of pyridine rings is 4. The number of rotatable bonds is 5. The van der Waals surface area contributed by atoms with E-state index in [0.717, 1.165) is 82.8 Å². The van der Waals surface area contributed by atoms with E-state index in [4.69, 9.17) is 24.9 Å². The molecule has 10 rings (SSSR count). The molecular weight excluding hydrogens is 651 g/mol. The first-order valence-electron chi connectivity index (χ1n) is 17.5. The van der Waals surface area contributed by atoms with Crippen molar-refractivity contribution in [2.75, 3.05) is 0 Å². The molecule has 5 aromatic carbocycles. The normalized spacial score (nSPS) is 11.5. The van der Waals surface area contributed by atoms with E-state index in [1.807, 2.05) is 48.8 Å². The van der Waals surface area contributed by atoms with Gasteiger partial charge in [-0.05, 0) is 43.3 Å². The SMILES string of the molecule is Cc1ccc(-c2nc(-c3cccc(-c4ccc5ccc6cccnc6c5n4)c3)nc(-c3cccc(-c4ccc5ccc6cccnc6c5n4)c3)n2)cc1. The zero-order chi connectivity index (χ0) is 35.3. The largest absolute Gasteiger partial charge is 0.254 e. The predicted molar refractivity (Wildman–Crippen MR) is 213 cm³/mol. The molecule has 7 heteroatoms. The third-order valence-corrected chi connectivity index (χ3v) is 9.64. The van der Waals surface area contributed by atoms with E-state index in [0.29, 0.717) is 17.5 Å². The van der Waals surface area contributed by atoms with Crippen molar-refractivity contribution in [3.63, 3.8) is 0 Å². The van der Waals surface area contributed by atoms with Gasteiger partial charge in [0.2, 0.25) is 0 Å². The summed E-state index contributed by atoms with van der Waals surface area (Å²) in [5.74, 6) is 1.75. The van der Waals surface area contributed by atoms with Gasteiger partial charge in [0.15, 0.2) is 17.5 Å². The Balaban J connectivity index is 1.09. The van der Waals surface area contributed by atoms with E-state index in [1.165, 1.54) is 5.56 Å². The van der Waals surface area contributed by atoms with Crippen molar-refractivity contribution in [3.8, 4) is 56.7 Å². The van der Waals surface area contributed by atoms with Crippen molar-refractivity contribution < 1.29 is 0 Å². The maximum Gasteiger partial charge on any atom is 0.164 e. The van der Waals surface area contributed by atoms with E-state index < -0.39 is 0 Å².